The number of pyridine rings is 1. The first kappa shape index (κ1) is 25.6. The molecule has 0 unspecified atom stereocenters. The zero-order valence-electron chi connectivity index (χ0n) is 19.0. The molecule has 1 aromatic carbocycles. The molecule has 0 aliphatic rings. The van der Waals surface area contributed by atoms with E-state index in [1.807, 2.05) is 0 Å². The van der Waals surface area contributed by atoms with Crippen molar-refractivity contribution in [2.45, 2.75) is 13.2 Å². The van der Waals surface area contributed by atoms with Crippen molar-refractivity contribution >= 4 is 62.3 Å². The number of primary amides is 1. The van der Waals surface area contributed by atoms with Gasteiger partial charge in [-0.2, -0.15) is 5.10 Å². The van der Waals surface area contributed by atoms with E-state index in [2.05, 4.69) is 15.4 Å². The van der Waals surface area contributed by atoms with Gasteiger partial charge in [0.05, 0.1) is 17.0 Å². The van der Waals surface area contributed by atoms with Crippen molar-refractivity contribution in [1.82, 2.24) is 14.8 Å². The van der Waals surface area contributed by atoms with Crippen LogP contribution in [0.15, 0.2) is 59.3 Å². The lowest BCUT2D eigenvalue weighted by molar-refractivity contribution is 0.100. The third kappa shape index (κ3) is 5.05. The Morgan fingerprint density at radius 1 is 1.21 bits per heavy atom. The van der Waals surface area contributed by atoms with Crippen LogP contribution in [0.3, 0.4) is 0 Å². The molecule has 14 heteroatoms. The van der Waals surface area contributed by atoms with Crippen LogP contribution in [-0.4, -0.2) is 26.6 Å². The SMILES string of the molecule is NC(=O)c1sc2nc(C(F)F)cc(-c3ccco3)c2c1NC(=O)c1ccn(COc2ccc(Cl)cc2Cl)n1. The number of fused-ring (bicyclic) bond motifs is 1. The summed E-state index contributed by atoms with van der Waals surface area (Å²) in [6.07, 6.45) is -0.00132. The summed E-state index contributed by atoms with van der Waals surface area (Å²) in [6.45, 7) is -0.0640. The molecule has 4 aromatic heterocycles. The molecule has 3 N–H and O–H groups in total. The first-order valence-electron chi connectivity index (χ1n) is 10.7. The summed E-state index contributed by atoms with van der Waals surface area (Å²) >= 11 is 12.8. The maximum Gasteiger partial charge on any atom is 0.280 e. The van der Waals surface area contributed by atoms with E-state index < -0.39 is 23.9 Å². The molecule has 4 heterocycles. The molecule has 0 atom stereocenters. The van der Waals surface area contributed by atoms with Gasteiger partial charge in [0.1, 0.15) is 26.9 Å². The van der Waals surface area contributed by atoms with Crippen LogP contribution in [0.4, 0.5) is 14.5 Å². The van der Waals surface area contributed by atoms with Gasteiger partial charge in [-0.15, -0.1) is 11.3 Å². The summed E-state index contributed by atoms with van der Waals surface area (Å²) in [4.78, 5) is 29.3. The number of anilines is 1. The monoisotopic (exact) mass is 577 g/mol. The van der Waals surface area contributed by atoms with Crippen molar-refractivity contribution < 1.29 is 27.5 Å². The molecular weight excluding hydrogens is 563 g/mol. The normalized spacial score (nSPS) is 11.3. The van der Waals surface area contributed by atoms with Crippen molar-refractivity contribution in [2.75, 3.05) is 5.32 Å². The molecule has 0 radical (unpaired) electrons. The summed E-state index contributed by atoms with van der Waals surface area (Å²) in [5.74, 6) is -0.940. The second-order valence-corrected chi connectivity index (χ2v) is 9.61. The summed E-state index contributed by atoms with van der Waals surface area (Å²) in [5.41, 5.74) is 5.25. The summed E-state index contributed by atoms with van der Waals surface area (Å²) in [6, 6.07) is 10.5. The van der Waals surface area contributed by atoms with Crippen LogP contribution >= 0.6 is 34.5 Å². The van der Waals surface area contributed by atoms with Gasteiger partial charge in [0.15, 0.2) is 12.4 Å². The molecule has 0 aliphatic carbocycles. The lowest BCUT2D eigenvalue weighted by atomic mass is 10.1. The number of nitrogens with zero attached hydrogens (tertiary/aromatic N) is 3. The number of hydrogen-bond acceptors (Lipinski definition) is 7. The van der Waals surface area contributed by atoms with E-state index in [4.69, 9.17) is 38.1 Å². The Bertz CT molecular complexity index is 1670. The third-order valence-corrected chi connectivity index (χ3v) is 6.90. The van der Waals surface area contributed by atoms with E-state index in [1.165, 1.54) is 29.3 Å². The molecule has 194 valence electrons. The number of hydrogen-bond donors (Lipinski definition) is 2. The van der Waals surface area contributed by atoms with Crippen molar-refractivity contribution in [3.05, 3.63) is 81.2 Å². The van der Waals surface area contributed by atoms with Gasteiger partial charge < -0.3 is 20.2 Å². The van der Waals surface area contributed by atoms with Gasteiger partial charge in [0.2, 0.25) is 0 Å². The van der Waals surface area contributed by atoms with Crippen LogP contribution in [0, 0.1) is 0 Å². The first-order valence-corrected chi connectivity index (χ1v) is 12.3. The topological polar surface area (TPSA) is 125 Å². The standard InChI is InChI=1S/C24H15Cl2F2N5O4S/c25-11-3-4-17(13(26)8-11)37-10-33-6-5-14(32-33)23(35)31-19-18-12(16-2-1-7-36-16)9-15(21(27)28)30-24(18)38-20(19)22(29)34/h1-9,21H,10H2,(H2,29,34)(H,31,35). The predicted octanol–water partition coefficient (Wildman–Crippen LogP) is 6.38. The number of nitrogens with two attached hydrogens (primary N) is 1. The molecule has 0 saturated heterocycles. The van der Waals surface area contributed by atoms with Crippen LogP contribution in [0.1, 0.15) is 32.3 Å². The van der Waals surface area contributed by atoms with Crippen LogP contribution in [0.5, 0.6) is 5.75 Å². The Labute approximate surface area is 226 Å². The minimum atomic E-state index is -2.88. The average molecular weight is 578 g/mol. The van der Waals surface area contributed by atoms with Crippen molar-refractivity contribution in [3.8, 4) is 17.1 Å². The number of nitrogens with one attached hydrogen (secondary N) is 1. The molecule has 0 bridgehead atoms. The molecule has 2 amide bonds. The van der Waals surface area contributed by atoms with E-state index in [9.17, 15) is 18.4 Å². The Kier molecular flexibility index (Phi) is 7.02. The number of ether oxygens (including phenoxy) is 1. The number of benzene rings is 1. The van der Waals surface area contributed by atoms with E-state index in [0.29, 0.717) is 15.8 Å². The predicted molar refractivity (Wildman–Crippen MR) is 138 cm³/mol. The van der Waals surface area contributed by atoms with Crippen LogP contribution in [0.25, 0.3) is 21.5 Å². The highest BCUT2D eigenvalue weighted by Crippen LogP contribution is 2.42. The van der Waals surface area contributed by atoms with Gasteiger partial charge in [-0.05, 0) is 42.5 Å². The van der Waals surface area contributed by atoms with Crippen molar-refractivity contribution in [3.63, 3.8) is 0 Å². The van der Waals surface area contributed by atoms with E-state index >= 15 is 0 Å². The van der Waals surface area contributed by atoms with Gasteiger partial charge in [0.25, 0.3) is 18.2 Å². The smallest absolute Gasteiger partial charge is 0.280 e. The van der Waals surface area contributed by atoms with E-state index in [-0.39, 0.29) is 44.5 Å². The zero-order valence-corrected chi connectivity index (χ0v) is 21.3. The number of rotatable bonds is 8. The summed E-state index contributed by atoms with van der Waals surface area (Å²) < 4.78 is 39.5. The molecule has 9 nitrogen and oxygen atoms in total. The quantitative estimate of drug-likeness (QED) is 0.220. The number of carbonyl (C=O) groups excluding carboxylic acids is 2. The number of alkyl halides is 2. The van der Waals surface area contributed by atoms with Crippen LogP contribution < -0.4 is 15.8 Å². The van der Waals surface area contributed by atoms with Crippen LogP contribution in [0.2, 0.25) is 10.0 Å². The molecule has 0 aliphatic heterocycles. The minimum Gasteiger partial charge on any atom is -0.470 e. The van der Waals surface area contributed by atoms with Gasteiger partial charge >= 0.3 is 0 Å². The molecule has 38 heavy (non-hydrogen) atoms. The second-order valence-electron chi connectivity index (χ2n) is 7.77. The van der Waals surface area contributed by atoms with Crippen LogP contribution in [-0.2, 0) is 6.73 Å². The maximum atomic E-state index is 13.5. The lowest BCUT2D eigenvalue weighted by Gasteiger charge is -2.09. The largest absolute Gasteiger partial charge is 0.470 e. The number of halogens is 4. The van der Waals surface area contributed by atoms with Gasteiger partial charge in [0, 0.05) is 22.2 Å². The highest BCUT2D eigenvalue weighted by atomic mass is 35.5. The number of thiophene rings is 1. The molecule has 5 aromatic rings. The number of furan rings is 1. The Hall–Kier alpha value is -4.00. The molecule has 0 fully saturated rings. The first-order chi connectivity index (χ1) is 18.2. The highest BCUT2D eigenvalue weighted by Gasteiger charge is 2.26. The van der Waals surface area contributed by atoms with E-state index in [0.717, 1.165) is 17.4 Å². The highest BCUT2D eigenvalue weighted by molar-refractivity contribution is 7.21. The molecule has 0 saturated carbocycles. The minimum absolute atomic E-state index is 0.0118. The molecule has 0 spiro atoms. The number of amides is 2. The third-order valence-electron chi connectivity index (χ3n) is 5.27. The maximum absolute atomic E-state index is 13.5. The van der Waals surface area contributed by atoms with Crippen molar-refractivity contribution in [2.24, 2.45) is 5.73 Å². The Morgan fingerprint density at radius 3 is 2.71 bits per heavy atom. The van der Waals surface area contributed by atoms with E-state index in [1.54, 1.807) is 24.3 Å². The number of carbonyl (C=O) groups is 2. The molecule has 5 rings (SSSR count). The van der Waals surface area contributed by atoms with Gasteiger partial charge in [-0.25, -0.2) is 18.4 Å². The van der Waals surface area contributed by atoms with Crippen molar-refractivity contribution in [1.29, 1.82) is 0 Å². The fraction of sp³-hybridized carbons (Fsp3) is 0.0833. The summed E-state index contributed by atoms with van der Waals surface area (Å²) in [5, 5.41) is 7.81. The second kappa shape index (κ2) is 10.4. The average Bonchev–Trinajstić information content (AvgIpc) is 3.63. The fourth-order valence-electron chi connectivity index (χ4n) is 3.61. The molecular formula is C24H15Cl2F2N5O4S. The Morgan fingerprint density at radius 2 is 2.03 bits per heavy atom. The Balaban J connectivity index is 1.46. The zero-order chi connectivity index (χ0) is 27.0. The lowest BCUT2D eigenvalue weighted by Crippen LogP contribution is -2.17. The summed E-state index contributed by atoms with van der Waals surface area (Å²) in [7, 11) is 0. The van der Waals surface area contributed by atoms with Gasteiger partial charge in [-0.3, -0.25) is 9.59 Å². The van der Waals surface area contributed by atoms with Gasteiger partial charge in [-0.1, -0.05) is 23.2 Å². The fourth-order valence-corrected chi connectivity index (χ4v) is 5.09. The number of aromatic nitrogens is 3.